The summed E-state index contributed by atoms with van der Waals surface area (Å²) in [4.78, 5) is 0. The van der Waals surface area contributed by atoms with Gasteiger partial charge >= 0.3 is 0 Å². The van der Waals surface area contributed by atoms with Gasteiger partial charge in [-0.15, -0.1) is 0 Å². The number of nitrogens with one attached hydrogen (secondary N) is 1. The van der Waals surface area contributed by atoms with E-state index < -0.39 is 6.10 Å². The van der Waals surface area contributed by atoms with E-state index >= 15 is 0 Å². The quantitative estimate of drug-likeness (QED) is 0.880. The standard InChI is InChI=1S/C14H13BrClNO/c15-10-5-7-11(8-6-10)17-9-14(18)12-3-1-2-4-13(12)16/h1-8,14,17-18H,9H2. The van der Waals surface area contributed by atoms with E-state index in [1.165, 1.54) is 0 Å². The highest BCUT2D eigenvalue weighted by Crippen LogP contribution is 2.23. The van der Waals surface area contributed by atoms with Crippen molar-refractivity contribution in [3.8, 4) is 0 Å². The third-order valence-electron chi connectivity index (χ3n) is 2.61. The molecule has 0 amide bonds. The second kappa shape index (κ2) is 6.23. The smallest absolute Gasteiger partial charge is 0.0976 e. The zero-order valence-corrected chi connectivity index (χ0v) is 11.9. The van der Waals surface area contributed by atoms with Crippen LogP contribution in [0.15, 0.2) is 53.0 Å². The van der Waals surface area contributed by atoms with Crippen molar-refractivity contribution in [1.29, 1.82) is 0 Å². The van der Waals surface area contributed by atoms with Crippen LogP contribution in [0.3, 0.4) is 0 Å². The van der Waals surface area contributed by atoms with Crippen molar-refractivity contribution in [3.05, 3.63) is 63.6 Å². The molecule has 2 rings (SSSR count). The molecule has 0 radical (unpaired) electrons. The van der Waals surface area contributed by atoms with Gasteiger partial charge in [-0.25, -0.2) is 0 Å². The highest BCUT2D eigenvalue weighted by Gasteiger charge is 2.10. The van der Waals surface area contributed by atoms with Crippen molar-refractivity contribution in [1.82, 2.24) is 0 Å². The summed E-state index contributed by atoms with van der Waals surface area (Å²) in [6.07, 6.45) is -0.623. The molecule has 0 fully saturated rings. The van der Waals surface area contributed by atoms with E-state index in [1.807, 2.05) is 42.5 Å². The van der Waals surface area contributed by atoms with Crippen LogP contribution in [0.25, 0.3) is 0 Å². The fourth-order valence-corrected chi connectivity index (χ4v) is 2.16. The lowest BCUT2D eigenvalue weighted by Gasteiger charge is -2.14. The van der Waals surface area contributed by atoms with Crippen molar-refractivity contribution in [2.45, 2.75) is 6.10 Å². The van der Waals surface area contributed by atoms with E-state index in [-0.39, 0.29) is 0 Å². The first-order chi connectivity index (χ1) is 8.66. The number of hydrogen-bond acceptors (Lipinski definition) is 2. The lowest BCUT2D eigenvalue weighted by atomic mass is 10.1. The Balaban J connectivity index is 1.98. The molecule has 0 aliphatic heterocycles. The number of aliphatic hydroxyl groups excluding tert-OH is 1. The normalized spacial score (nSPS) is 12.2. The fraction of sp³-hybridized carbons (Fsp3) is 0.143. The summed E-state index contributed by atoms with van der Waals surface area (Å²) in [6.45, 7) is 0.422. The van der Waals surface area contributed by atoms with Gasteiger partial charge in [0.05, 0.1) is 6.10 Å². The number of anilines is 1. The number of rotatable bonds is 4. The average Bonchev–Trinajstić information content (AvgIpc) is 2.38. The van der Waals surface area contributed by atoms with Gasteiger partial charge in [0.15, 0.2) is 0 Å². The Hall–Kier alpha value is -1.03. The summed E-state index contributed by atoms with van der Waals surface area (Å²) in [6, 6.07) is 15.1. The van der Waals surface area contributed by atoms with Crippen molar-refractivity contribution < 1.29 is 5.11 Å². The third-order valence-corrected chi connectivity index (χ3v) is 3.48. The van der Waals surface area contributed by atoms with Gasteiger partial charge in [-0.05, 0) is 30.3 Å². The first-order valence-electron chi connectivity index (χ1n) is 5.59. The molecule has 18 heavy (non-hydrogen) atoms. The van der Waals surface area contributed by atoms with Crippen LogP contribution in [0.4, 0.5) is 5.69 Å². The van der Waals surface area contributed by atoms with Gasteiger partial charge in [-0.2, -0.15) is 0 Å². The Labute approximate surface area is 120 Å². The number of halogens is 2. The van der Waals surface area contributed by atoms with Gasteiger partial charge < -0.3 is 10.4 Å². The molecule has 0 saturated heterocycles. The Morgan fingerprint density at radius 1 is 1.11 bits per heavy atom. The van der Waals surface area contributed by atoms with E-state index in [0.717, 1.165) is 15.7 Å². The summed E-state index contributed by atoms with van der Waals surface area (Å²) in [7, 11) is 0. The molecule has 1 atom stereocenters. The Kier molecular flexibility index (Phi) is 4.64. The molecule has 0 aliphatic carbocycles. The number of aliphatic hydroxyl groups is 1. The van der Waals surface area contributed by atoms with Crippen molar-refractivity contribution in [2.75, 3.05) is 11.9 Å². The second-order valence-electron chi connectivity index (χ2n) is 3.93. The van der Waals surface area contributed by atoms with Crippen LogP contribution < -0.4 is 5.32 Å². The molecule has 0 aromatic heterocycles. The van der Waals surface area contributed by atoms with E-state index in [2.05, 4.69) is 21.2 Å². The summed E-state index contributed by atoms with van der Waals surface area (Å²) >= 11 is 9.40. The Morgan fingerprint density at radius 2 is 1.78 bits per heavy atom. The lowest BCUT2D eigenvalue weighted by Crippen LogP contribution is -2.12. The van der Waals surface area contributed by atoms with E-state index in [9.17, 15) is 5.11 Å². The van der Waals surface area contributed by atoms with Crippen LogP contribution in [0.2, 0.25) is 5.02 Å². The molecular weight excluding hydrogens is 314 g/mol. The van der Waals surface area contributed by atoms with Gasteiger partial charge in [0, 0.05) is 27.3 Å². The summed E-state index contributed by atoms with van der Waals surface area (Å²) in [5.74, 6) is 0. The zero-order valence-electron chi connectivity index (χ0n) is 9.61. The van der Waals surface area contributed by atoms with Crippen LogP contribution >= 0.6 is 27.5 Å². The number of hydrogen-bond donors (Lipinski definition) is 2. The van der Waals surface area contributed by atoms with Gasteiger partial charge in [0.1, 0.15) is 0 Å². The molecule has 2 N–H and O–H groups in total. The zero-order chi connectivity index (χ0) is 13.0. The van der Waals surface area contributed by atoms with Gasteiger partial charge in [0.2, 0.25) is 0 Å². The Morgan fingerprint density at radius 3 is 2.44 bits per heavy atom. The summed E-state index contributed by atoms with van der Waals surface area (Å²) in [5.41, 5.74) is 1.70. The summed E-state index contributed by atoms with van der Waals surface area (Å²) in [5, 5.41) is 13.8. The maximum Gasteiger partial charge on any atom is 0.0976 e. The van der Waals surface area contributed by atoms with E-state index in [1.54, 1.807) is 6.07 Å². The maximum atomic E-state index is 10.1. The third kappa shape index (κ3) is 3.48. The topological polar surface area (TPSA) is 32.3 Å². The molecule has 2 aromatic carbocycles. The molecule has 0 heterocycles. The van der Waals surface area contributed by atoms with Gasteiger partial charge in [0.25, 0.3) is 0 Å². The molecule has 0 bridgehead atoms. The molecule has 94 valence electrons. The average molecular weight is 327 g/mol. The second-order valence-corrected chi connectivity index (χ2v) is 5.25. The van der Waals surface area contributed by atoms with Crippen molar-refractivity contribution in [3.63, 3.8) is 0 Å². The highest BCUT2D eigenvalue weighted by molar-refractivity contribution is 9.10. The first-order valence-corrected chi connectivity index (χ1v) is 6.76. The van der Waals surface area contributed by atoms with Gasteiger partial charge in [-0.3, -0.25) is 0 Å². The molecule has 2 aromatic rings. The monoisotopic (exact) mass is 325 g/mol. The molecule has 2 nitrogen and oxygen atoms in total. The minimum absolute atomic E-state index is 0.422. The van der Waals surface area contributed by atoms with Gasteiger partial charge in [-0.1, -0.05) is 45.7 Å². The molecule has 4 heteroatoms. The molecule has 1 unspecified atom stereocenters. The van der Waals surface area contributed by atoms with E-state index in [0.29, 0.717) is 11.6 Å². The largest absolute Gasteiger partial charge is 0.387 e. The van der Waals surface area contributed by atoms with Crippen molar-refractivity contribution in [2.24, 2.45) is 0 Å². The molecular formula is C14H13BrClNO. The molecule has 0 saturated carbocycles. The predicted octanol–water partition coefficient (Wildman–Crippen LogP) is 4.25. The number of benzene rings is 2. The van der Waals surface area contributed by atoms with E-state index in [4.69, 9.17) is 11.6 Å². The minimum Gasteiger partial charge on any atom is -0.387 e. The van der Waals surface area contributed by atoms with Crippen LogP contribution in [-0.4, -0.2) is 11.7 Å². The molecule has 0 spiro atoms. The van der Waals surface area contributed by atoms with Crippen molar-refractivity contribution >= 4 is 33.2 Å². The summed E-state index contributed by atoms with van der Waals surface area (Å²) < 4.78 is 1.03. The fourth-order valence-electron chi connectivity index (χ4n) is 1.64. The van der Waals surface area contributed by atoms with Crippen LogP contribution in [0.1, 0.15) is 11.7 Å². The van der Waals surface area contributed by atoms with Crippen LogP contribution in [0.5, 0.6) is 0 Å². The highest BCUT2D eigenvalue weighted by atomic mass is 79.9. The Bertz CT molecular complexity index is 515. The predicted molar refractivity (Wildman–Crippen MR) is 79.0 cm³/mol. The minimum atomic E-state index is -0.623. The SMILES string of the molecule is OC(CNc1ccc(Br)cc1)c1ccccc1Cl. The van der Waals surface area contributed by atoms with Crippen LogP contribution in [0, 0.1) is 0 Å². The van der Waals surface area contributed by atoms with Crippen LogP contribution in [-0.2, 0) is 0 Å². The first kappa shape index (κ1) is 13.4. The lowest BCUT2D eigenvalue weighted by molar-refractivity contribution is 0.192. The maximum absolute atomic E-state index is 10.1. The molecule has 0 aliphatic rings.